The lowest BCUT2D eigenvalue weighted by molar-refractivity contribution is -0.122. The fourth-order valence-electron chi connectivity index (χ4n) is 1.88. The van der Waals surface area contributed by atoms with Gasteiger partial charge in [-0.25, -0.2) is 4.79 Å². The Hall–Kier alpha value is -1.28. The maximum absolute atomic E-state index is 11.9. The first-order valence-electron chi connectivity index (χ1n) is 7.79. The van der Waals surface area contributed by atoms with Crippen molar-refractivity contribution in [1.29, 1.82) is 0 Å². The van der Waals surface area contributed by atoms with Crippen molar-refractivity contribution in [2.24, 2.45) is 0 Å². The second-order valence-electron chi connectivity index (χ2n) is 5.31. The molecule has 0 radical (unpaired) electrons. The van der Waals surface area contributed by atoms with Crippen molar-refractivity contribution in [1.82, 2.24) is 10.6 Å². The molecule has 0 heterocycles. The third-order valence-corrected chi connectivity index (χ3v) is 4.10. The number of halogens is 3. The summed E-state index contributed by atoms with van der Waals surface area (Å²) in [6.45, 7) is 1.97. The Kier molecular flexibility index (Phi) is 9.43. The summed E-state index contributed by atoms with van der Waals surface area (Å²) in [6, 6.07) is 6.44. The number of anilines is 1. The van der Waals surface area contributed by atoms with E-state index in [-0.39, 0.29) is 11.0 Å². The van der Waals surface area contributed by atoms with E-state index in [1.54, 1.807) is 24.3 Å². The van der Waals surface area contributed by atoms with Crippen LogP contribution < -0.4 is 16.0 Å². The number of methoxy groups -OCH3 is 1. The average molecular weight is 441 g/mol. The molecular weight excluding hydrogens is 421 g/mol. The Morgan fingerprint density at radius 2 is 1.81 bits per heavy atom. The molecule has 0 saturated carbocycles. The SMILES string of the molecule is CCCCC(=O)NC(NC(=S)Nc1ccc(C(=O)OC)cc1)C(Cl)(Cl)Cl. The average Bonchev–Trinajstić information content (AvgIpc) is 2.58. The van der Waals surface area contributed by atoms with Gasteiger partial charge in [-0.3, -0.25) is 4.79 Å². The van der Waals surface area contributed by atoms with Crippen molar-refractivity contribution in [3.8, 4) is 0 Å². The highest BCUT2D eigenvalue weighted by atomic mass is 35.6. The molecule has 26 heavy (non-hydrogen) atoms. The molecular formula is C16H20Cl3N3O3S. The van der Waals surface area contributed by atoms with Crippen molar-refractivity contribution in [2.45, 2.75) is 36.1 Å². The second kappa shape index (κ2) is 10.8. The van der Waals surface area contributed by atoms with Gasteiger partial charge in [0.2, 0.25) is 9.70 Å². The van der Waals surface area contributed by atoms with Gasteiger partial charge < -0.3 is 20.7 Å². The van der Waals surface area contributed by atoms with Crippen LogP contribution in [0.3, 0.4) is 0 Å². The molecule has 6 nitrogen and oxygen atoms in total. The van der Waals surface area contributed by atoms with Crippen molar-refractivity contribution in [2.75, 3.05) is 12.4 Å². The first-order chi connectivity index (χ1) is 12.2. The molecule has 1 rings (SSSR count). The summed E-state index contributed by atoms with van der Waals surface area (Å²) in [6.07, 6.45) is 0.921. The van der Waals surface area contributed by atoms with Crippen LogP contribution in [0.4, 0.5) is 5.69 Å². The van der Waals surface area contributed by atoms with E-state index in [9.17, 15) is 9.59 Å². The van der Waals surface area contributed by atoms with Gasteiger partial charge in [-0.05, 0) is 42.9 Å². The number of hydrogen-bond acceptors (Lipinski definition) is 4. The number of amides is 1. The highest BCUT2D eigenvalue weighted by Crippen LogP contribution is 2.29. The summed E-state index contributed by atoms with van der Waals surface area (Å²) in [5.74, 6) is -0.691. The van der Waals surface area contributed by atoms with Crippen molar-refractivity contribution >= 4 is 69.7 Å². The number of carbonyl (C=O) groups excluding carboxylic acids is 2. The highest BCUT2D eigenvalue weighted by molar-refractivity contribution is 7.80. The zero-order chi connectivity index (χ0) is 19.7. The number of alkyl halides is 3. The summed E-state index contributed by atoms with van der Waals surface area (Å²) >= 11 is 22.9. The second-order valence-corrected chi connectivity index (χ2v) is 8.09. The standard InChI is InChI=1S/C16H20Cl3N3O3S/c1-3-4-5-12(23)21-14(16(17,18)19)22-15(26)20-11-8-6-10(7-9-11)13(24)25-2/h6-9,14H,3-5H2,1-2H3,(H,21,23)(H2,20,22,26). The lowest BCUT2D eigenvalue weighted by Crippen LogP contribution is -2.56. The topological polar surface area (TPSA) is 79.5 Å². The van der Waals surface area contributed by atoms with E-state index < -0.39 is 15.9 Å². The minimum absolute atomic E-state index is 0.142. The van der Waals surface area contributed by atoms with E-state index in [0.29, 0.717) is 17.7 Å². The van der Waals surface area contributed by atoms with Gasteiger partial charge in [-0.1, -0.05) is 48.1 Å². The number of carbonyl (C=O) groups is 2. The molecule has 10 heteroatoms. The van der Waals surface area contributed by atoms with E-state index in [1.165, 1.54) is 7.11 Å². The first kappa shape index (κ1) is 22.8. The summed E-state index contributed by atoms with van der Waals surface area (Å²) in [5.41, 5.74) is 1.01. The first-order valence-corrected chi connectivity index (χ1v) is 9.33. The van der Waals surface area contributed by atoms with Crippen LogP contribution in [0.25, 0.3) is 0 Å². The van der Waals surface area contributed by atoms with Crippen LogP contribution in [0, 0.1) is 0 Å². The Balaban J connectivity index is 2.68. The maximum atomic E-state index is 11.9. The van der Waals surface area contributed by atoms with E-state index in [4.69, 9.17) is 47.0 Å². The molecule has 0 fully saturated rings. The smallest absolute Gasteiger partial charge is 0.337 e. The number of hydrogen-bond donors (Lipinski definition) is 3. The quantitative estimate of drug-likeness (QED) is 0.259. The predicted molar refractivity (Wildman–Crippen MR) is 109 cm³/mol. The van der Waals surface area contributed by atoms with Gasteiger partial charge >= 0.3 is 5.97 Å². The molecule has 0 aliphatic carbocycles. The van der Waals surface area contributed by atoms with E-state index in [1.807, 2.05) is 6.92 Å². The van der Waals surface area contributed by atoms with Crippen LogP contribution in [-0.4, -0.2) is 34.1 Å². The number of ether oxygens (including phenoxy) is 1. The molecule has 1 atom stereocenters. The third-order valence-electron chi connectivity index (χ3n) is 3.23. The fourth-order valence-corrected chi connectivity index (χ4v) is 2.44. The van der Waals surface area contributed by atoms with Crippen molar-refractivity contribution in [3.63, 3.8) is 0 Å². The Morgan fingerprint density at radius 3 is 2.31 bits per heavy atom. The zero-order valence-electron chi connectivity index (χ0n) is 14.3. The number of benzene rings is 1. The molecule has 3 N–H and O–H groups in total. The monoisotopic (exact) mass is 439 g/mol. The third kappa shape index (κ3) is 7.95. The summed E-state index contributed by atoms with van der Waals surface area (Å²) in [4.78, 5) is 23.3. The van der Waals surface area contributed by atoms with Crippen molar-refractivity contribution in [3.05, 3.63) is 29.8 Å². The Labute approximate surface area is 172 Å². The molecule has 144 valence electrons. The molecule has 1 unspecified atom stereocenters. The van der Waals surface area contributed by atoms with Crippen molar-refractivity contribution < 1.29 is 14.3 Å². The molecule has 0 aliphatic heterocycles. The van der Waals surface area contributed by atoms with Crippen LogP contribution in [0.1, 0.15) is 36.5 Å². The van der Waals surface area contributed by atoms with Crippen LogP contribution in [-0.2, 0) is 9.53 Å². The Bertz CT molecular complexity index is 636. The summed E-state index contributed by atoms with van der Waals surface area (Å²) in [7, 11) is 1.30. The number of thiocarbonyl (C=S) groups is 1. The van der Waals surface area contributed by atoms with Gasteiger partial charge in [-0.2, -0.15) is 0 Å². The number of rotatable bonds is 7. The molecule has 0 bridgehead atoms. The van der Waals surface area contributed by atoms with Gasteiger partial charge in [0, 0.05) is 12.1 Å². The highest BCUT2D eigenvalue weighted by Gasteiger charge is 2.34. The van der Waals surface area contributed by atoms with Gasteiger partial charge in [0.25, 0.3) is 0 Å². The van der Waals surface area contributed by atoms with Crippen LogP contribution in [0.5, 0.6) is 0 Å². The number of esters is 1. The zero-order valence-corrected chi connectivity index (χ0v) is 17.4. The molecule has 0 spiro atoms. The molecule has 0 aromatic heterocycles. The van der Waals surface area contributed by atoms with Gasteiger partial charge in [0.15, 0.2) is 5.11 Å². The minimum Gasteiger partial charge on any atom is -0.465 e. The van der Waals surface area contributed by atoms with Crippen LogP contribution >= 0.6 is 47.0 Å². The fraction of sp³-hybridized carbons (Fsp3) is 0.438. The summed E-state index contributed by atoms with van der Waals surface area (Å²) < 4.78 is 2.83. The van der Waals surface area contributed by atoms with E-state index in [2.05, 4.69) is 20.7 Å². The molecule has 1 aromatic carbocycles. The number of unbranched alkanes of at least 4 members (excludes halogenated alkanes) is 1. The number of nitrogens with one attached hydrogen (secondary N) is 3. The predicted octanol–water partition coefficient (Wildman–Crippen LogP) is 3.76. The van der Waals surface area contributed by atoms with Gasteiger partial charge in [0.1, 0.15) is 6.17 Å². The molecule has 1 aromatic rings. The lowest BCUT2D eigenvalue weighted by Gasteiger charge is -2.27. The molecule has 0 aliphatic rings. The minimum atomic E-state index is -1.80. The van der Waals surface area contributed by atoms with Crippen LogP contribution in [0.2, 0.25) is 0 Å². The van der Waals surface area contributed by atoms with E-state index >= 15 is 0 Å². The Morgan fingerprint density at radius 1 is 1.19 bits per heavy atom. The van der Waals surface area contributed by atoms with E-state index in [0.717, 1.165) is 12.8 Å². The van der Waals surface area contributed by atoms with Gasteiger partial charge in [-0.15, -0.1) is 0 Å². The molecule has 0 saturated heterocycles. The van der Waals surface area contributed by atoms with Crippen LogP contribution in [0.15, 0.2) is 24.3 Å². The van der Waals surface area contributed by atoms with Gasteiger partial charge in [0.05, 0.1) is 12.7 Å². The molecule has 1 amide bonds. The lowest BCUT2D eigenvalue weighted by atomic mass is 10.2. The largest absolute Gasteiger partial charge is 0.465 e. The normalized spacial score (nSPS) is 12.0. The maximum Gasteiger partial charge on any atom is 0.337 e. The summed E-state index contributed by atoms with van der Waals surface area (Å²) in [5, 5.41) is 8.40.